The minimum absolute atomic E-state index is 0.445. The lowest BCUT2D eigenvalue weighted by Crippen LogP contribution is -2.30. The first kappa shape index (κ1) is 12.9. The van der Waals surface area contributed by atoms with Crippen LogP contribution < -0.4 is 0 Å². The van der Waals surface area contributed by atoms with Crippen molar-refractivity contribution in [1.29, 1.82) is 0 Å². The molecule has 0 saturated carbocycles. The van der Waals surface area contributed by atoms with Crippen molar-refractivity contribution in [2.24, 2.45) is 0 Å². The van der Waals surface area contributed by atoms with E-state index in [2.05, 4.69) is 20.7 Å². The van der Waals surface area contributed by atoms with Gasteiger partial charge in [0.25, 0.3) is 0 Å². The number of benzene rings is 1. The number of Topliss-reactive ketones (excluding diaryl/α,β-unsaturated/α-hetero) is 1. The van der Waals surface area contributed by atoms with Gasteiger partial charge in [0.1, 0.15) is 6.10 Å². The van der Waals surface area contributed by atoms with Crippen LogP contribution in [0.2, 0.25) is 0 Å². The summed E-state index contributed by atoms with van der Waals surface area (Å²) in [7, 11) is 1.18. The fourth-order valence-corrected chi connectivity index (χ4v) is 1.60. The van der Waals surface area contributed by atoms with Gasteiger partial charge in [-0.25, -0.2) is 0 Å². The minimum atomic E-state index is -1.33. The van der Waals surface area contributed by atoms with E-state index in [1.807, 2.05) is 0 Å². The molecule has 0 aliphatic heterocycles. The second kappa shape index (κ2) is 5.77. The molecule has 5 heteroatoms. The Morgan fingerprint density at radius 2 is 1.88 bits per heavy atom. The van der Waals surface area contributed by atoms with E-state index in [0.717, 1.165) is 0 Å². The van der Waals surface area contributed by atoms with Crippen LogP contribution >= 0.6 is 15.9 Å². The third-order valence-corrected chi connectivity index (χ3v) is 2.87. The third kappa shape index (κ3) is 2.90. The molecule has 0 heterocycles. The smallest absolute Gasteiger partial charge is 0.327 e. The van der Waals surface area contributed by atoms with E-state index in [0.29, 0.717) is 5.56 Å². The molecule has 1 rings (SSSR count). The fraction of sp³-hybridized carbons (Fsp3) is 0.273. The number of ether oxygens (including phenoxy) is 1. The number of aliphatic hydroxyl groups is 1. The maximum Gasteiger partial charge on any atom is 0.327 e. The minimum Gasteiger partial charge on any atom is -0.468 e. The van der Waals surface area contributed by atoms with Gasteiger partial charge in [0.15, 0.2) is 10.6 Å². The molecule has 0 aliphatic carbocycles. The molecule has 0 fully saturated rings. The van der Waals surface area contributed by atoms with Gasteiger partial charge in [-0.3, -0.25) is 9.59 Å². The average molecular weight is 287 g/mol. The zero-order valence-corrected chi connectivity index (χ0v) is 10.2. The van der Waals surface area contributed by atoms with Crippen LogP contribution in [0.15, 0.2) is 30.3 Å². The van der Waals surface area contributed by atoms with Crippen LogP contribution in [0, 0.1) is 0 Å². The topological polar surface area (TPSA) is 63.6 Å². The van der Waals surface area contributed by atoms with Crippen molar-refractivity contribution in [3.05, 3.63) is 35.9 Å². The number of carbonyl (C=O) groups is 2. The molecular formula is C11H11BrO4. The van der Waals surface area contributed by atoms with Crippen LogP contribution in [-0.4, -0.2) is 28.8 Å². The summed E-state index contributed by atoms with van der Waals surface area (Å²) >= 11 is 2.88. The number of hydrogen-bond donors (Lipinski definition) is 1. The normalized spacial score (nSPS) is 13.9. The molecule has 0 bridgehead atoms. The van der Waals surface area contributed by atoms with Crippen LogP contribution in [0.4, 0.5) is 0 Å². The largest absolute Gasteiger partial charge is 0.468 e. The van der Waals surface area contributed by atoms with Crippen LogP contribution in [0.3, 0.4) is 0 Å². The summed E-state index contributed by atoms with van der Waals surface area (Å²) in [5.41, 5.74) is 0.445. The molecule has 0 aliphatic rings. The molecule has 2 atom stereocenters. The second-order valence-corrected chi connectivity index (χ2v) is 4.02. The van der Waals surface area contributed by atoms with E-state index in [1.54, 1.807) is 30.3 Å². The van der Waals surface area contributed by atoms with Gasteiger partial charge >= 0.3 is 5.97 Å². The predicted octanol–water partition coefficient (Wildman–Crippen LogP) is 1.23. The third-order valence-electron chi connectivity index (χ3n) is 2.04. The Kier molecular flexibility index (Phi) is 4.64. The molecule has 0 aromatic heterocycles. The summed E-state index contributed by atoms with van der Waals surface area (Å²) in [4.78, 5) is 21.6. The lowest BCUT2D eigenvalue weighted by Gasteiger charge is -2.12. The number of methoxy groups -OCH3 is 1. The van der Waals surface area contributed by atoms with E-state index >= 15 is 0 Å². The maximum absolute atomic E-state index is 11.6. The van der Waals surface area contributed by atoms with Crippen molar-refractivity contribution in [2.75, 3.05) is 7.11 Å². The molecule has 86 valence electrons. The van der Waals surface area contributed by atoms with E-state index in [4.69, 9.17) is 0 Å². The van der Waals surface area contributed by atoms with Crippen LogP contribution in [0.1, 0.15) is 11.7 Å². The highest BCUT2D eigenvalue weighted by Gasteiger charge is 2.30. The molecule has 0 radical (unpaired) electrons. The van der Waals surface area contributed by atoms with Gasteiger partial charge in [0, 0.05) is 0 Å². The number of ketones is 1. The Bertz CT molecular complexity index is 377. The molecule has 1 aromatic carbocycles. The number of rotatable bonds is 4. The van der Waals surface area contributed by atoms with Crippen molar-refractivity contribution in [3.63, 3.8) is 0 Å². The molecule has 1 N–H and O–H groups in total. The molecular weight excluding hydrogens is 276 g/mol. The summed E-state index contributed by atoms with van der Waals surface area (Å²) in [6.07, 6.45) is -1.33. The number of halogens is 1. The Balaban J connectivity index is 2.79. The average Bonchev–Trinajstić information content (AvgIpc) is 2.36. The zero-order chi connectivity index (χ0) is 12.1. The van der Waals surface area contributed by atoms with Crippen molar-refractivity contribution < 1.29 is 19.4 Å². The predicted molar refractivity (Wildman–Crippen MR) is 61.1 cm³/mol. The number of hydrogen-bond acceptors (Lipinski definition) is 4. The molecule has 0 amide bonds. The van der Waals surface area contributed by atoms with Crippen molar-refractivity contribution in [2.45, 2.75) is 10.9 Å². The van der Waals surface area contributed by atoms with E-state index in [-0.39, 0.29) is 0 Å². The summed E-state index contributed by atoms with van der Waals surface area (Å²) in [6, 6.07) is 8.40. The lowest BCUT2D eigenvalue weighted by molar-refractivity contribution is -0.144. The summed E-state index contributed by atoms with van der Waals surface area (Å²) < 4.78 is 4.40. The monoisotopic (exact) mass is 286 g/mol. The summed E-state index contributed by atoms with van der Waals surface area (Å²) in [5, 5.41) is 9.72. The first-order valence-electron chi connectivity index (χ1n) is 4.56. The highest BCUT2D eigenvalue weighted by atomic mass is 79.9. The number of alkyl halides is 1. The van der Waals surface area contributed by atoms with E-state index in [1.165, 1.54) is 7.11 Å². The SMILES string of the molecule is COC(=O)C(Br)C(=O)C(O)c1ccccc1. The Hall–Kier alpha value is -1.20. The number of esters is 1. The van der Waals surface area contributed by atoms with Crippen LogP contribution in [0.5, 0.6) is 0 Å². The van der Waals surface area contributed by atoms with Gasteiger partial charge in [-0.1, -0.05) is 46.3 Å². The van der Waals surface area contributed by atoms with E-state index in [9.17, 15) is 14.7 Å². The quantitative estimate of drug-likeness (QED) is 0.514. The lowest BCUT2D eigenvalue weighted by atomic mass is 10.0. The Labute approximate surface area is 101 Å². The van der Waals surface area contributed by atoms with Gasteiger partial charge in [-0.2, -0.15) is 0 Å². The van der Waals surface area contributed by atoms with Gasteiger partial charge in [-0.05, 0) is 5.56 Å². The fourth-order valence-electron chi connectivity index (χ4n) is 1.16. The summed E-state index contributed by atoms with van der Waals surface area (Å²) in [5.74, 6) is -1.36. The van der Waals surface area contributed by atoms with Gasteiger partial charge in [0.05, 0.1) is 7.11 Å². The standard InChI is InChI=1S/C11H11BrO4/c1-16-11(15)8(12)10(14)9(13)7-5-3-2-4-6-7/h2-6,8-9,13H,1H3. The van der Waals surface area contributed by atoms with E-state index < -0.39 is 22.7 Å². The molecule has 2 unspecified atom stereocenters. The maximum atomic E-state index is 11.6. The molecule has 1 aromatic rings. The highest BCUT2D eigenvalue weighted by molar-refractivity contribution is 9.10. The van der Waals surface area contributed by atoms with Crippen molar-refractivity contribution in [3.8, 4) is 0 Å². The molecule has 0 spiro atoms. The van der Waals surface area contributed by atoms with Crippen LogP contribution in [0.25, 0.3) is 0 Å². The zero-order valence-electron chi connectivity index (χ0n) is 8.59. The first-order chi connectivity index (χ1) is 7.57. The Morgan fingerprint density at radius 1 is 1.31 bits per heavy atom. The number of carbonyl (C=O) groups excluding carboxylic acids is 2. The van der Waals surface area contributed by atoms with Crippen LogP contribution in [-0.2, 0) is 14.3 Å². The van der Waals surface area contributed by atoms with Gasteiger partial charge < -0.3 is 9.84 Å². The number of aliphatic hydroxyl groups excluding tert-OH is 1. The molecule has 4 nitrogen and oxygen atoms in total. The highest BCUT2D eigenvalue weighted by Crippen LogP contribution is 2.18. The van der Waals surface area contributed by atoms with Gasteiger partial charge in [-0.15, -0.1) is 0 Å². The molecule has 0 saturated heterocycles. The summed E-state index contributed by atoms with van der Waals surface area (Å²) in [6.45, 7) is 0. The van der Waals surface area contributed by atoms with Crippen molar-refractivity contribution in [1.82, 2.24) is 0 Å². The van der Waals surface area contributed by atoms with Crippen molar-refractivity contribution >= 4 is 27.7 Å². The van der Waals surface area contributed by atoms with Gasteiger partial charge in [0.2, 0.25) is 0 Å². The molecule has 16 heavy (non-hydrogen) atoms. The Morgan fingerprint density at radius 3 is 2.38 bits per heavy atom. The second-order valence-electron chi connectivity index (χ2n) is 3.10. The first-order valence-corrected chi connectivity index (χ1v) is 5.48.